The number of alkyl halides is 2. The third-order valence-electron chi connectivity index (χ3n) is 4.27. The Bertz CT molecular complexity index is 1130. The summed E-state index contributed by atoms with van der Waals surface area (Å²) in [5.41, 5.74) is 8.04. The second kappa shape index (κ2) is 6.89. The number of ketones is 1. The SMILES string of the molecule is Nc1c(C(=O)c2ccccc2)sc2nc(C(F)F)cc(-c3ccccc3)c12. The van der Waals surface area contributed by atoms with Crippen LogP contribution in [0, 0.1) is 0 Å². The average molecular weight is 380 g/mol. The van der Waals surface area contributed by atoms with E-state index in [0.29, 0.717) is 26.2 Å². The molecule has 0 saturated heterocycles. The number of benzene rings is 2. The summed E-state index contributed by atoms with van der Waals surface area (Å²) in [7, 11) is 0. The molecule has 134 valence electrons. The van der Waals surface area contributed by atoms with Crippen molar-refractivity contribution in [1.29, 1.82) is 0 Å². The number of nitrogen functional groups attached to an aromatic ring is 1. The fourth-order valence-electron chi connectivity index (χ4n) is 2.99. The molecule has 2 N–H and O–H groups in total. The molecular formula is C21H14F2N2OS. The molecule has 2 aromatic carbocycles. The summed E-state index contributed by atoms with van der Waals surface area (Å²) >= 11 is 1.05. The highest BCUT2D eigenvalue weighted by Crippen LogP contribution is 2.41. The van der Waals surface area contributed by atoms with E-state index in [1.165, 1.54) is 6.07 Å². The zero-order valence-electron chi connectivity index (χ0n) is 14.0. The summed E-state index contributed by atoms with van der Waals surface area (Å²) in [6.07, 6.45) is -2.71. The fourth-order valence-corrected chi connectivity index (χ4v) is 4.08. The Balaban J connectivity index is 1.98. The number of pyridine rings is 1. The van der Waals surface area contributed by atoms with Crippen molar-refractivity contribution in [2.45, 2.75) is 6.43 Å². The second-order valence-electron chi connectivity index (χ2n) is 5.98. The minimum Gasteiger partial charge on any atom is -0.397 e. The molecule has 0 amide bonds. The lowest BCUT2D eigenvalue weighted by Crippen LogP contribution is -2.01. The van der Waals surface area contributed by atoms with E-state index < -0.39 is 6.43 Å². The lowest BCUT2D eigenvalue weighted by atomic mass is 10.0. The van der Waals surface area contributed by atoms with Crippen molar-refractivity contribution in [3.63, 3.8) is 0 Å². The van der Waals surface area contributed by atoms with Crippen LogP contribution in [0.3, 0.4) is 0 Å². The van der Waals surface area contributed by atoms with Gasteiger partial charge in [-0.3, -0.25) is 4.79 Å². The molecule has 2 heterocycles. The highest BCUT2D eigenvalue weighted by Gasteiger charge is 2.23. The molecule has 0 aliphatic carbocycles. The number of fused-ring (bicyclic) bond motifs is 1. The molecule has 4 rings (SSSR count). The second-order valence-corrected chi connectivity index (χ2v) is 6.98. The summed E-state index contributed by atoms with van der Waals surface area (Å²) in [4.78, 5) is 17.6. The van der Waals surface area contributed by atoms with Gasteiger partial charge in [-0.1, -0.05) is 60.7 Å². The van der Waals surface area contributed by atoms with Gasteiger partial charge in [0, 0.05) is 10.9 Å². The molecule has 0 aliphatic heterocycles. The van der Waals surface area contributed by atoms with Crippen molar-refractivity contribution in [3.05, 3.63) is 82.9 Å². The van der Waals surface area contributed by atoms with Crippen molar-refractivity contribution in [2.75, 3.05) is 5.73 Å². The molecule has 0 spiro atoms. The van der Waals surface area contributed by atoms with Crippen LogP contribution in [0.4, 0.5) is 14.5 Å². The molecule has 6 heteroatoms. The maximum absolute atomic E-state index is 13.4. The first-order chi connectivity index (χ1) is 13.1. The molecule has 0 aliphatic rings. The molecule has 0 unspecified atom stereocenters. The van der Waals surface area contributed by atoms with Crippen LogP contribution >= 0.6 is 11.3 Å². The fraction of sp³-hybridized carbons (Fsp3) is 0.0476. The summed E-state index contributed by atoms with van der Waals surface area (Å²) in [6.45, 7) is 0. The Morgan fingerprint density at radius 2 is 1.63 bits per heavy atom. The number of nitrogens with zero attached hydrogens (tertiary/aromatic N) is 1. The average Bonchev–Trinajstić information content (AvgIpc) is 3.04. The molecule has 0 bridgehead atoms. The maximum Gasteiger partial charge on any atom is 0.280 e. The number of anilines is 1. The lowest BCUT2D eigenvalue weighted by Gasteiger charge is -2.08. The van der Waals surface area contributed by atoms with Crippen molar-refractivity contribution in [3.8, 4) is 11.1 Å². The molecule has 2 aromatic heterocycles. The van der Waals surface area contributed by atoms with E-state index in [9.17, 15) is 13.6 Å². The summed E-state index contributed by atoms with van der Waals surface area (Å²) < 4.78 is 26.7. The normalized spacial score (nSPS) is 11.2. The molecule has 0 saturated carbocycles. The van der Waals surface area contributed by atoms with Gasteiger partial charge in [0.15, 0.2) is 0 Å². The zero-order valence-corrected chi connectivity index (χ0v) is 14.8. The van der Waals surface area contributed by atoms with Gasteiger partial charge in [-0.05, 0) is 17.2 Å². The number of carbonyl (C=O) groups excluding carboxylic acids is 1. The van der Waals surface area contributed by atoms with E-state index in [1.54, 1.807) is 24.3 Å². The highest BCUT2D eigenvalue weighted by atomic mass is 32.1. The number of nitrogens with two attached hydrogens (primary N) is 1. The Morgan fingerprint density at radius 1 is 1.00 bits per heavy atom. The minimum atomic E-state index is -2.71. The number of carbonyl (C=O) groups is 1. The third kappa shape index (κ3) is 3.08. The van der Waals surface area contributed by atoms with Gasteiger partial charge in [0.25, 0.3) is 6.43 Å². The van der Waals surface area contributed by atoms with Crippen molar-refractivity contribution in [2.24, 2.45) is 0 Å². The Morgan fingerprint density at radius 3 is 2.26 bits per heavy atom. The molecule has 4 aromatic rings. The third-order valence-corrected chi connectivity index (χ3v) is 5.37. The summed E-state index contributed by atoms with van der Waals surface area (Å²) in [5.74, 6) is -0.242. The molecule has 3 nitrogen and oxygen atoms in total. The van der Waals surface area contributed by atoms with Crippen molar-refractivity contribution < 1.29 is 13.6 Å². The van der Waals surface area contributed by atoms with Crippen LogP contribution in [0.15, 0.2) is 66.7 Å². The molecule has 0 fully saturated rings. The Hall–Kier alpha value is -3.12. The smallest absolute Gasteiger partial charge is 0.280 e. The van der Waals surface area contributed by atoms with Crippen LogP contribution in [0.25, 0.3) is 21.3 Å². The van der Waals surface area contributed by atoms with E-state index in [4.69, 9.17) is 5.73 Å². The van der Waals surface area contributed by atoms with Gasteiger partial charge in [-0.15, -0.1) is 11.3 Å². The van der Waals surface area contributed by atoms with Gasteiger partial charge in [-0.2, -0.15) is 0 Å². The quantitative estimate of drug-likeness (QED) is 0.461. The largest absolute Gasteiger partial charge is 0.397 e. The van der Waals surface area contributed by atoms with E-state index in [2.05, 4.69) is 4.98 Å². The van der Waals surface area contributed by atoms with Gasteiger partial charge >= 0.3 is 0 Å². The summed E-state index contributed by atoms with van der Waals surface area (Å²) in [6, 6.07) is 19.2. The monoisotopic (exact) mass is 380 g/mol. The summed E-state index contributed by atoms with van der Waals surface area (Å²) in [5, 5.41) is 0.537. The van der Waals surface area contributed by atoms with Crippen LogP contribution in [-0.4, -0.2) is 10.8 Å². The lowest BCUT2D eigenvalue weighted by molar-refractivity contribution is 0.104. The van der Waals surface area contributed by atoms with Gasteiger partial charge in [0.1, 0.15) is 15.4 Å². The first-order valence-electron chi connectivity index (χ1n) is 8.22. The van der Waals surface area contributed by atoms with Crippen LogP contribution < -0.4 is 5.73 Å². The zero-order chi connectivity index (χ0) is 19.0. The first kappa shape index (κ1) is 17.3. The predicted molar refractivity (Wildman–Crippen MR) is 104 cm³/mol. The van der Waals surface area contributed by atoms with Crippen LogP contribution in [0.2, 0.25) is 0 Å². The number of hydrogen-bond donors (Lipinski definition) is 1. The van der Waals surface area contributed by atoms with Crippen LogP contribution in [0.1, 0.15) is 27.4 Å². The highest BCUT2D eigenvalue weighted by molar-refractivity contribution is 7.21. The molecule has 27 heavy (non-hydrogen) atoms. The van der Waals surface area contributed by atoms with E-state index >= 15 is 0 Å². The number of rotatable bonds is 4. The standard InChI is InChI=1S/C21H14F2N2OS/c22-20(23)15-11-14(12-7-3-1-4-8-12)16-17(24)19(27-21(16)25-15)18(26)13-9-5-2-6-10-13/h1-11,20H,24H2. The van der Waals surface area contributed by atoms with Gasteiger partial charge < -0.3 is 5.73 Å². The molecule has 0 radical (unpaired) electrons. The predicted octanol–water partition coefficient (Wildman–Crippen LogP) is 5.71. The molecule has 0 atom stereocenters. The Kier molecular flexibility index (Phi) is 4.41. The van der Waals surface area contributed by atoms with Gasteiger partial charge in [0.2, 0.25) is 5.78 Å². The first-order valence-corrected chi connectivity index (χ1v) is 9.04. The van der Waals surface area contributed by atoms with Crippen LogP contribution in [-0.2, 0) is 0 Å². The number of aromatic nitrogens is 1. The number of hydrogen-bond acceptors (Lipinski definition) is 4. The number of thiophene rings is 1. The topological polar surface area (TPSA) is 56.0 Å². The van der Waals surface area contributed by atoms with Gasteiger partial charge in [-0.25, -0.2) is 13.8 Å². The van der Waals surface area contributed by atoms with Crippen LogP contribution in [0.5, 0.6) is 0 Å². The van der Waals surface area contributed by atoms with E-state index in [1.807, 2.05) is 36.4 Å². The molecular weight excluding hydrogens is 366 g/mol. The van der Waals surface area contributed by atoms with Gasteiger partial charge in [0.05, 0.1) is 5.69 Å². The van der Waals surface area contributed by atoms with Crippen molar-refractivity contribution >= 4 is 33.0 Å². The van der Waals surface area contributed by atoms with E-state index in [0.717, 1.165) is 16.9 Å². The maximum atomic E-state index is 13.4. The van der Waals surface area contributed by atoms with Crippen molar-refractivity contribution in [1.82, 2.24) is 4.98 Å². The Labute approximate surface area is 158 Å². The minimum absolute atomic E-state index is 0.242. The number of halogens is 2. The van der Waals surface area contributed by atoms with E-state index in [-0.39, 0.29) is 17.2 Å².